The van der Waals surface area contributed by atoms with Crippen LogP contribution in [0, 0.1) is 24.5 Å². The van der Waals surface area contributed by atoms with E-state index in [1.165, 1.54) is 19.1 Å². The average molecular weight is 522 g/mol. The molecule has 2 fully saturated rings. The van der Waals surface area contributed by atoms with E-state index in [-0.39, 0.29) is 48.7 Å². The Hall–Kier alpha value is -3.47. The quantitative estimate of drug-likeness (QED) is 0.486. The highest BCUT2D eigenvalue weighted by Gasteiger charge is 2.54. The topological polar surface area (TPSA) is 98.7 Å². The van der Waals surface area contributed by atoms with Crippen molar-refractivity contribution in [1.82, 2.24) is 10.2 Å². The molecule has 11 heteroatoms. The number of aliphatic hydroxyl groups is 1. The van der Waals surface area contributed by atoms with Gasteiger partial charge in [0.05, 0.1) is 12.2 Å². The SMILES string of the molecule is Cc1cc(NC(=O)c2ccc(F)c(C(F)(F)C(=O)N3C4CC[C@@H]3CC(C(=O)NCCO)C4)c2)ccc1F. The Morgan fingerprint density at radius 1 is 1.03 bits per heavy atom. The molecule has 3 amide bonds. The first-order chi connectivity index (χ1) is 17.5. The van der Waals surface area contributed by atoms with Crippen molar-refractivity contribution in [3.63, 3.8) is 0 Å². The predicted octanol–water partition coefficient (Wildman–Crippen LogP) is 3.50. The number of carbonyl (C=O) groups is 3. The molecule has 3 N–H and O–H groups in total. The van der Waals surface area contributed by atoms with E-state index in [1.807, 2.05) is 0 Å². The van der Waals surface area contributed by atoms with Crippen LogP contribution in [-0.2, 0) is 15.5 Å². The van der Waals surface area contributed by atoms with Gasteiger partial charge in [-0.05, 0) is 74.6 Å². The zero-order valence-corrected chi connectivity index (χ0v) is 20.1. The molecule has 0 aromatic heterocycles. The van der Waals surface area contributed by atoms with E-state index in [1.54, 1.807) is 0 Å². The molecule has 37 heavy (non-hydrogen) atoms. The van der Waals surface area contributed by atoms with Crippen molar-refractivity contribution >= 4 is 23.4 Å². The molecule has 2 aromatic carbocycles. The minimum atomic E-state index is -4.25. The van der Waals surface area contributed by atoms with Crippen LogP contribution in [-0.4, -0.2) is 53.0 Å². The van der Waals surface area contributed by atoms with Crippen molar-refractivity contribution in [3.8, 4) is 0 Å². The molecule has 2 aromatic rings. The summed E-state index contributed by atoms with van der Waals surface area (Å²) < 4.78 is 59.0. The van der Waals surface area contributed by atoms with Gasteiger partial charge in [0.1, 0.15) is 11.6 Å². The van der Waals surface area contributed by atoms with Gasteiger partial charge >= 0.3 is 5.92 Å². The van der Waals surface area contributed by atoms with E-state index in [4.69, 9.17) is 5.11 Å². The number of aryl methyl sites for hydroxylation is 1. The number of aliphatic hydroxyl groups excluding tert-OH is 1. The fraction of sp³-hybridized carbons (Fsp3) is 0.423. The molecule has 198 valence electrons. The van der Waals surface area contributed by atoms with Gasteiger partial charge in [0.2, 0.25) is 5.91 Å². The Balaban J connectivity index is 1.52. The highest BCUT2D eigenvalue weighted by Crippen LogP contribution is 2.43. The highest BCUT2D eigenvalue weighted by atomic mass is 19.3. The molecule has 2 aliphatic rings. The predicted molar refractivity (Wildman–Crippen MR) is 126 cm³/mol. The highest BCUT2D eigenvalue weighted by molar-refractivity contribution is 6.04. The Labute approximate surface area is 210 Å². The molecule has 2 saturated heterocycles. The van der Waals surface area contributed by atoms with Gasteiger partial charge in [-0.3, -0.25) is 14.4 Å². The summed E-state index contributed by atoms with van der Waals surface area (Å²) in [6.45, 7) is 1.34. The molecule has 4 rings (SSSR count). The maximum atomic E-state index is 15.4. The number of hydrogen-bond acceptors (Lipinski definition) is 4. The fourth-order valence-corrected chi connectivity index (χ4v) is 5.16. The van der Waals surface area contributed by atoms with Crippen LogP contribution in [0.1, 0.15) is 47.2 Å². The van der Waals surface area contributed by atoms with Gasteiger partial charge < -0.3 is 20.6 Å². The largest absolute Gasteiger partial charge is 0.395 e. The lowest BCUT2D eigenvalue weighted by atomic mass is 9.89. The zero-order chi connectivity index (χ0) is 26.9. The number of nitrogens with one attached hydrogen (secondary N) is 2. The van der Waals surface area contributed by atoms with Gasteiger partial charge in [0, 0.05) is 35.8 Å². The fourth-order valence-electron chi connectivity index (χ4n) is 5.16. The second kappa shape index (κ2) is 10.5. The van der Waals surface area contributed by atoms with Crippen LogP contribution in [0.3, 0.4) is 0 Å². The smallest absolute Gasteiger partial charge is 0.352 e. The van der Waals surface area contributed by atoms with Crippen LogP contribution in [0.5, 0.6) is 0 Å². The summed E-state index contributed by atoms with van der Waals surface area (Å²) in [6.07, 6.45) is 1.27. The molecule has 0 radical (unpaired) electrons. The number of rotatable bonds is 7. The minimum Gasteiger partial charge on any atom is -0.395 e. The second-order valence-electron chi connectivity index (χ2n) is 9.47. The van der Waals surface area contributed by atoms with Crippen molar-refractivity contribution in [1.29, 1.82) is 0 Å². The Morgan fingerprint density at radius 3 is 2.30 bits per heavy atom. The van der Waals surface area contributed by atoms with Crippen molar-refractivity contribution < 1.29 is 37.1 Å². The number of halogens is 4. The number of nitrogens with zero attached hydrogens (tertiary/aromatic N) is 1. The number of hydrogen-bond donors (Lipinski definition) is 3. The maximum Gasteiger partial charge on any atom is 0.352 e. The molecular formula is C26H27F4N3O4. The molecule has 0 aliphatic carbocycles. The zero-order valence-electron chi connectivity index (χ0n) is 20.1. The van der Waals surface area contributed by atoms with Gasteiger partial charge in [-0.2, -0.15) is 8.78 Å². The third kappa shape index (κ3) is 5.31. The Morgan fingerprint density at radius 2 is 1.68 bits per heavy atom. The van der Waals surface area contributed by atoms with E-state index < -0.39 is 52.9 Å². The van der Waals surface area contributed by atoms with Crippen molar-refractivity contribution in [2.75, 3.05) is 18.5 Å². The summed E-state index contributed by atoms with van der Waals surface area (Å²) in [5.41, 5.74) is -1.03. The summed E-state index contributed by atoms with van der Waals surface area (Å²) in [6, 6.07) is 4.97. The van der Waals surface area contributed by atoms with Crippen LogP contribution in [0.25, 0.3) is 0 Å². The Kier molecular flexibility index (Phi) is 7.54. The van der Waals surface area contributed by atoms with Crippen molar-refractivity contribution in [2.24, 2.45) is 5.92 Å². The number of piperidine rings is 1. The second-order valence-corrected chi connectivity index (χ2v) is 9.47. The molecule has 2 heterocycles. The van der Waals surface area contributed by atoms with Gasteiger partial charge in [0.25, 0.3) is 11.8 Å². The molecule has 2 aliphatic heterocycles. The number of amides is 3. The minimum absolute atomic E-state index is 0.0787. The summed E-state index contributed by atoms with van der Waals surface area (Å²) in [5, 5.41) is 13.9. The number of fused-ring (bicyclic) bond motifs is 2. The van der Waals surface area contributed by atoms with E-state index in [2.05, 4.69) is 10.6 Å². The number of benzene rings is 2. The van der Waals surface area contributed by atoms with Crippen LogP contribution in [0.2, 0.25) is 0 Å². The first-order valence-electron chi connectivity index (χ1n) is 12.0. The first kappa shape index (κ1) is 26.6. The lowest BCUT2D eigenvalue weighted by molar-refractivity contribution is -0.165. The molecule has 2 unspecified atom stereocenters. The number of alkyl halides is 2. The van der Waals surface area contributed by atoms with E-state index in [9.17, 15) is 23.2 Å². The molecule has 7 nitrogen and oxygen atoms in total. The van der Waals surface area contributed by atoms with Crippen LogP contribution < -0.4 is 10.6 Å². The van der Waals surface area contributed by atoms with Gasteiger partial charge in [0.15, 0.2) is 0 Å². The summed E-state index contributed by atoms with van der Waals surface area (Å²) in [4.78, 5) is 39.1. The van der Waals surface area contributed by atoms with Crippen LogP contribution in [0.15, 0.2) is 36.4 Å². The maximum absolute atomic E-state index is 15.4. The van der Waals surface area contributed by atoms with E-state index >= 15 is 8.78 Å². The summed E-state index contributed by atoms with van der Waals surface area (Å²) in [5.74, 6) is -9.24. The summed E-state index contributed by atoms with van der Waals surface area (Å²) in [7, 11) is 0. The summed E-state index contributed by atoms with van der Waals surface area (Å²) >= 11 is 0. The molecule has 0 spiro atoms. The normalized spacial score (nSPS) is 21.0. The Bertz CT molecular complexity index is 1210. The third-order valence-electron chi connectivity index (χ3n) is 7.00. The monoisotopic (exact) mass is 521 g/mol. The van der Waals surface area contributed by atoms with Gasteiger partial charge in [-0.15, -0.1) is 0 Å². The standard InChI is InChI=1S/C26H27F4N3O4/c1-14-10-17(3-7-21(14)27)32-24(36)15-2-6-22(28)20(13-15)26(29,30)25(37)33-18-4-5-19(33)12-16(11-18)23(35)31-8-9-34/h2-3,6-7,10,13,16,18-19,34H,4-5,8-9,11-12H2,1H3,(H,31,35)(H,32,36)/t16?,18-,19?/m1/s1. The van der Waals surface area contributed by atoms with Gasteiger partial charge in [-0.25, -0.2) is 8.78 Å². The number of carbonyl (C=O) groups excluding carboxylic acids is 3. The molecule has 3 atom stereocenters. The average Bonchev–Trinajstić information content (AvgIpc) is 3.12. The van der Waals surface area contributed by atoms with Crippen molar-refractivity contribution in [3.05, 3.63) is 64.7 Å². The lowest BCUT2D eigenvalue weighted by Crippen LogP contribution is -2.53. The third-order valence-corrected chi connectivity index (χ3v) is 7.00. The van der Waals surface area contributed by atoms with E-state index in [0.29, 0.717) is 25.0 Å². The molecule has 0 saturated carbocycles. The van der Waals surface area contributed by atoms with Crippen LogP contribution >= 0.6 is 0 Å². The molecular weight excluding hydrogens is 494 g/mol. The number of anilines is 1. The van der Waals surface area contributed by atoms with Crippen molar-refractivity contribution in [2.45, 2.75) is 50.6 Å². The van der Waals surface area contributed by atoms with Gasteiger partial charge in [-0.1, -0.05) is 0 Å². The first-order valence-corrected chi connectivity index (χ1v) is 12.0. The molecule has 2 bridgehead atoms. The van der Waals surface area contributed by atoms with Crippen LogP contribution in [0.4, 0.5) is 23.2 Å². The lowest BCUT2D eigenvalue weighted by Gasteiger charge is -2.40. The van der Waals surface area contributed by atoms with E-state index in [0.717, 1.165) is 17.0 Å².